The second-order valence-corrected chi connectivity index (χ2v) is 10.0. The summed E-state index contributed by atoms with van der Waals surface area (Å²) in [4.78, 5) is 38.3. The van der Waals surface area contributed by atoms with Crippen molar-refractivity contribution in [1.29, 1.82) is 0 Å². The molecule has 2 unspecified atom stereocenters. The zero-order valence-corrected chi connectivity index (χ0v) is 21.9. The quantitative estimate of drug-likeness (QED) is 0.490. The van der Waals surface area contributed by atoms with Crippen molar-refractivity contribution in [3.8, 4) is 0 Å². The van der Waals surface area contributed by atoms with Crippen molar-refractivity contribution in [1.82, 2.24) is 15.1 Å². The molecule has 2 aliphatic heterocycles. The molecule has 3 N–H and O–H groups in total. The van der Waals surface area contributed by atoms with Gasteiger partial charge in [-0.05, 0) is 48.8 Å². The summed E-state index contributed by atoms with van der Waals surface area (Å²) in [6.45, 7) is 8.00. The van der Waals surface area contributed by atoms with Gasteiger partial charge in [0.25, 0.3) is 5.91 Å². The first-order valence-corrected chi connectivity index (χ1v) is 12.7. The van der Waals surface area contributed by atoms with Gasteiger partial charge in [0, 0.05) is 38.3 Å². The van der Waals surface area contributed by atoms with Gasteiger partial charge in [-0.25, -0.2) is 4.79 Å². The van der Waals surface area contributed by atoms with E-state index in [0.717, 1.165) is 61.4 Å². The fourth-order valence-electron chi connectivity index (χ4n) is 5.31. The third-order valence-corrected chi connectivity index (χ3v) is 7.20. The molecule has 39 heavy (non-hydrogen) atoms. The zero-order chi connectivity index (χ0) is 28.7. The number of rotatable bonds is 7. The van der Waals surface area contributed by atoms with Gasteiger partial charge in [-0.15, -0.1) is 0 Å². The maximum Gasteiger partial charge on any atom is 0.490 e. The molecule has 8 nitrogen and oxygen atoms in total. The number of fused-ring (bicyclic) bond motifs is 1. The maximum atomic E-state index is 13.2. The molecule has 212 valence electrons. The van der Waals surface area contributed by atoms with Gasteiger partial charge in [-0.1, -0.05) is 48.5 Å². The van der Waals surface area contributed by atoms with Crippen LogP contribution in [0.2, 0.25) is 0 Å². The van der Waals surface area contributed by atoms with E-state index in [2.05, 4.69) is 10.2 Å². The Bertz CT molecular complexity index is 1120. The highest BCUT2D eigenvalue weighted by Crippen LogP contribution is 2.33. The number of carboxylic acid groups (broad SMARTS) is 1. The minimum atomic E-state index is -5.08. The van der Waals surface area contributed by atoms with Gasteiger partial charge in [0.1, 0.15) is 6.61 Å². The number of hydrogen-bond donors (Lipinski definition) is 3. The molecule has 2 aromatic carbocycles. The van der Waals surface area contributed by atoms with Crippen LogP contribution in [-0.2, 0) is 9.59 Å². The number of aliphatic carboxylic acids is 1. The van der Waals surface area contributed by atoms with E-state index in [1.807, 2.05) is 67.3 Å². The monoisotopic (exact) mass is 549 g/mol. The van der Waals surface area contributed by atoms with Crippen molar-refractivity contribution in [3.05, 3.63) is 70.8 Å². The van der Waals surface area contributed by atoms with Crippen LogP contribution in [0.5, 0.6) is 0 Å². The molecule has 2 heterocycles. The number of halogens is 3. The Morgan fingerprint density at radius 2 is 1.49 bits per heavy atom. The van der Waals surface area contributed by atoms with E-state index < -0.39 is 18.8 Å². The normalized spacial score (nSPS) is 19.6. The molecule has 2 aromatic rings. The van der Waals surface area contributed by atoms with Crippen molar-refractivity contribution in [3.63, 3.8) is 0 Å². The van der Waals surface area contributed by atoms with Crippen LogP contribution in [0.25, 0.3) is 0 Å². The molecule has 4 rings (SSSR count). The van der Waals surface area contributed by atoms with Gasteiger partial charge in [0.2, 0.25) is 5.91 Å². The van der Waals surface area contributed by atoms with E-state index >= 15 is 0 Å². The topological polar surface area (TPSA) is 110 Å². The van der Waals surface area contributed by atoms with Gasteiger partial charge in [-0.3, -0.25) is 9.59 Å². The molecule has 3 atom stereocenters. The lowest BCUT2D eigenvalue weighted by atomic mass is 10.0. The van der Waals surface area contributed by atoms with Gasteiger partial charge in [0.05, 0.1) is 6.04 Å². The van der Waals surface area contributed by atoms with E-state index in [4.69, 9.17) is 15.0 Å². The first kappa shape index (κ1) is 30.1. The number of aryl methyl sites for hydroxylation is 2. The molecule has 2 amide bonds. The fourth-order valence-corrected chi connectivity index (χ4v) is 5.31. The van der Waals surface area contributed by atoms with Crippen molar-refractivity contribution in [2.45, 2.75) is 32.5 Å². The minimum Gasteiger partial charge on any atom is -0.475 e. The number of carboxylic acids is 1. The van der Waals surface area contributed by atoms with Gasteiger partial charge >= 0.3 is 12.1 Å². The summed E-state index contributed by atoms with van der Waals surface area (Å²) >= 11 is 0. The summed E-state index contributed by atoms with van der Waals surface area (Å²) in [6.07, 6.45) is -4.29. The molecule has 0 aliphatic carbocycles. The van der Waals surface area contributed by atoms with Crippen LogP contribution in [0, 0.1) is 25.7 Å². The lowest BCUT2D eigenvalue weighted by molar-refractivity contribution is -0.192. The fraction of sp³-hybridized carbons (Fsp3) is 0.464. The third-order valence-electron chi connectivity index (χ3n) is 7.20. The average Bonchev–Trinajstić information content (AvgIpc) is 3.45. The summed E-state index contributed by atoms with van der Waals surface area (Å²) < 4.78 is 31.7. The molecular weight excluding hydrogens is 515 g/mol. The number of benzene rings is 2. The molecular formula is C28H34F3N3O5. The number of nitrogens with zero attached hydrogens (tertiary/aromatic N) is 2. The Labute approximate surface area is 225 Å². The number of aliphatic hydroxyl groups is 1. The predicted octanol–water partition coefficient (Wildman–Crippen LogP) is 3.18. The number of alkyl halides is 3. The molecule has 0 bridgehead atoms. The second-order valence-electron chi connectivity index (χ2n) is 10.0. The van der Waals surface area contributed by atoms with E-state index in [-0.39, 0.29) is 17.9 Å². The predicted molar refractivity (Wildman–Crippen MR) is 138 cm³/mol. The number of carbonyl (C=O) groups excluding carboxylic acids is 2. The molecule has 2 fully saturated rings. The van der Waals surface area contributed by atoms with E-state index in [9.17, 15) is 22.8 Å². The molecule has 0 radical (unpaired) electrons. The Kier molecular flexibility index (Phi) is 10.1. The lowest BCUT2D eigenvalue weighted by Crippen LogP contribution is -2.36. The Morgan fingerprint density at radius 1 is 0.949 bits per heavy atom. The molecule has 2 aliphatic rings. The zero-order valence-electron chi connectivity index (χ0n) is 21.9. The standard InChI is InChI=1S/C26H33N3O3.C2HF3O2/c1-18-7-6-8-19(2)25(18)26(32)29-15-21-13-28(14-22(21)16-29)12-11-23(27-24(31)17-30)20-9-4-3-5-10-20;3-2(4,5)1(6)7/h3-10,21-23,30H,11-17H2,1-2H3,(H,27,31);(H,6,7)/t21-,22?,23?;/m0./s1. The van der Waals surface area contributed by atoms with Crippen LogP contribution in [0.4, 0.5) is 13.2 Å². The smallest absolute Gasteiger partial charge is 0.475 e. The maximum absolute atomic E-state index is 13.2. The van der Waals surface area contributed by atoms with E-state index in [1.54, 1.807) is 0 Å². The van der Waals surface area contributed by atoms with E-state index in [1.165, 1.54) is 0 Å². The Balaban J connectivity index is 0.000000532. The molecule has 0 saturated carbocycles. The number of aliphatic hydroxyl groups excluding tert-OH is 1. The largest absolute Gasteiger partial charge is 0.490 e. The SMILES string of the molecule is Cc1cccc(C)c1C(=O)N1CC2CN(CCC(NC(=O)CO)c3ccccc3)C[C@H]2C1.O=C(O)C(F)(F)F. The Hall–Kier alpha value is -3.44. The number of hydrogen-bond acceptors (Lipinski definition) is 5. The van der Waals surface area contributed by atoms with Crippen molar-refractivity contribution >= 4 is 17.8 Å². The lowest BCUT2D eigenvalue weighted by Gasteiger charge is -2.25. The summed E-state index contributed by atoms with van der Waals surface area (Å²) in [5, 5.41) is 19.2. The van der Waals surface area contributed by atoms with Crippen LogP contribution in [0.1, 0.15) is 39.5 Å². The van der Waals surface area contributed by atoms with Gasteiger partial charge in [-0.2, -0.15) is 13.2 Å². The summed E-state index contributed by atoms with van der Waals surface area (Å²) in [6, 6.07) is 15.8. The van der Waals surface area contributed by atoms with Gasteiger partial charge < -0.3 is 25.3 Å². The van der Waals surface area contributed by atoms with Gasteiger partial charge in [0.15, 0.2) is 0 Å². The highest BCUT2D eigenvalue weighted by Gasteiger charge is 2.42. The highest BCUT2D eigenvalue weighted by molar-refractivity contribution is 5.97. The molecule has 11 heteroatoms. The first-order chi connectivity index (χ1) is 18.4. The highest BCUT2D eigenvalue weighted by atomic mass is 19.4. The first-order valence-electron chi connectivity index (χ1n) is 12.7. The second kappa shape index (κ2) is 13.1. The van der Waals surface area contributed by atoms with Crippen molar-refractivity contribution in [2.24, 2.45) is 11.8 Å². The van der Waals surface area contributed by atoms with E-state index in [0.29, 0.717) is 11.8 Å². The van der Waals surface area contributed by atoms with Crippen LogP contribution in [0.3, 0.4) is 0 Å². The number of nitrogens with one attached hydrogen (secondary N) is 1. The average molecular weight is 550 g/mol. The van der Waals surface area contributed by atoms with Crippen molar-refractivity contribution < 1.29 is 37.8 Å². The van der Waals surface area contributed by atoms with Crippen LogP contribution < -0.4 is 5.32 Å². The minimum absolute atomic E-state index is 0.113. The summed E-state index contributed by atoms with van der Waals surface area (Å²) in [5.74, 6) is -1.93. The molecule has 2 saturated heterocycles. The number of carbonyl (C=O) groups is 3. The van der Waals surface area contributed by atoms with Crippen LogP contribution in [-0.4, -0.2) is 83.3 Å². The van der Waals surface area contributed by atoms with Crippen LogP contribution >= 0.6 is 0 Å². The third kappa shape index (κ3) is 8.03. The van der Waals surface area contributed by atoms with Crippen molar-refractivity contribution in [2.75, 3.05) is 39.3 Å². The molecule has 0 spiro atoms. The summed E-state index contributed by atoms with van der Waals surface area (Å²) in [7, 11) is 0. The summed E-state index contributed by atoms with van der Waals surface area (Å²) in [5.41, 5.74) is 4.00. The molecule has 0 aromatic heterocycles. The number of amides is 2. The Morgan fingerprint density at radius 3 is 1.97 bits per heavy atom. The number of likely N-dealkylation sites (tertiary alicyclic amines) is 2. The van der Waals surface area contributed by atoms with Crippen LogP contribution in [0.15, 0.2) is 48.5 Å².